The predicted molar refractivity (Wildman–Crippen MR) is 128 cm³/mol. The molecule has 168 valence electrons. The summed E-state index contributed by atoms with van der Waals surface area (Å²) < 4.78 is 12.9. The second-order valence-electron chi connectivity index (χ2n) is 9.86. The summed E-state index contributed by atoms with van der Waals surface area (Å²) >= 11 is 0. The van der Waals surface area contributed by atoms with Gasteiger partial charge < -0.3 is 0 Å². The highest BCUT2D eigenvalue weighted by atomic mass is 19.1. The van der Waals surface area contributed by atoms with Crippen LogP contribution in [0, 0.1) is 29.1 Å². The van der Waals surface area contributed by atoms with Gasteiger partial charge in [0.05, 0.1) is 0 Å². The van der Waals surface area contributed by atoms with Crippen molar-refractivity contribution in [2.75, 3.05) is 0 Å². The van der Waals surface area contributed by atoms with Gasteiger partial charge in [-0.15, -0.1) is 0 Å². The molecule has 0 aliphatic heterocycles. The zero-order valence-corrected chi connectivity index (χ0v) is 19.4. The van der Waals surface area contributed by atoms with Crippen molar-refractivity contribution in [1.82, 2.24) is 0 Å². The number of aryl methyl sites for hydroxylation is 1. The van der Waals surface area contributed by atoms with Crippen LogP contribution in [0.5, 0.6) is 0 Å². The first-order chi connectivity index (χ1) is 15.2. The van der Waals surface area contributed by atoms with Gasteiger partial charge in [-0.2, -0.15) is 9.65 Å². The summed E-state index contributed by atoms with van der Waals surface area (Å²) in [6.45, 7) is 2.26. The van der Waals surface area contributed by atoms with Crippen LogP contribution in [0.1, 0.15) is 101 Å². The normalized spacial score (nSPS) is 27.3. The Labute approximate surface area is 189 Å². The van der Waals surface area contributed by atoms with E-state index >= 15 is 0 Å². The number of hydrogen-bond donors (Lipinski definition) is 0. The first kappa shape index (κ1) is 23.8. The van der Waals surface area contributed by atoms with Gasteiger partial charge in [0.1, 0.15) is 6.07 Å². The summed E-state index contributed by atoms with van der Waals surface area (Å²) in [6.07, 6.45) is 22.3. The maximum atomic E-state index is 12.9. The van der Waals surface area contributed by atoms with Gasteiger partial charge >= 0.3 is 0 Å². The minimum absolute atomic E-state index is 0.629. The molecule has 0 unspecified atom stereocenters. The molecule has 0 saturated heterocycles. The molecule has 31 heavy (non-hydrogen) atoms. The highest BCUT2D eigenvalue weighted by Crippen LogP contribution is 2.38. The van der Waals surface area contributed by atoms with Gasteiger partial charge in [-0.05, 0) is 118 Å². The second kappa shape index (κ2) is 12.8. The van der Waals surface area contributed by atoms with Crippen molar-refractivity contribution in [3.05, 3.63) is 59.4 Å². The quantitative estimate of drug-likeness (QED) is 0.288. The monoisotopic (exact) mass is 421 g/mol. The Morgan fingerprint density at radius 2 is 1.58 bits per heavy atom. The topological polar surface area (TPSA) is 23.8 Å². The Morgan fingerprint density at radius 3 is 2.16 bits per heavy atom. The van der Waals surface area contributed by atoms with E-state index in [4.69, 9.17) is 5.26 Å². The number of nitrogens with zero attached hydrogens (tertiary/aromatic N) is 1. The van der Waals surface area contributed by atoms with E-state index in [9.17, 15) is 4.39 Å². The molecule has 1 nitrogen and oxygen atoms in total. The van der Waals surface area contributed by atoms with E-state index in [2.05, 4.69) is 43.3 Å². The molecular formula is C29H40FN. The largest absolute Gasteiger partial charge is 0.196 e. The van der Waals surface area contributed by atoms with Gasteiger partial charge in [0, 0.05) is 0 Å². The minimum Gasteiger partial charge on any atom is -0.195 e. The van der Waals surface area contributed by atoms with Crippen LogP contribution >= 0.6 is 0 Å². The van der Waals surface area contributed by atoms with Crippen molar-refractivity contribution in [2.45, 2.75) is 96.3 Å². The van der Waals surface area contributed by atoms with Gasteiger partial charge in [0.15, 0.2) is 5.83 Å². The number of hydrogen-bond acceptors (Lipinski definition) is 1. The Bertz CT molecular complexity index is 738. The first-order valence-corrected chi connectivity index (χ1v) is 12.7. The molecule has 1 aromatic rings. The molecule has 2 saturated carbocycles. The van der Waals surface area contributed by atoms with Gasteiger partial charge in [0.2, 0.25) is 0 Å². The van der Waals surface area contributed by atoms with Crippen molar-refractivity contribution in [2.24, 2.45) is 17.8 Å². The van der Waals surface area contributed by atoms with Crippen LogP contribution in [0.15, 0.2) is 48.3 Å². The molecular weight excluding hydrogens is 381 g/mol. The third-order valence-corrected chi connectivity index (χ3v) is 7.59. The van der Waals surface area contributed by atoms with Crippen LogP contribution in [-0.2, 0) is 6.42 Å². The first-order valence-electron chi connectivity index (χ1n) is 12.7. The van der Waals surface area contributed by atoms with Gasteiger partial charge in [-0.25, -0.2) is 0 Å². The Kier molecular flexibility index (Phi) is 9.85. The van der Waals surface area contributed by atoms with Gasteiger partial charge in [0.25, 0.3) is 0 Å². The molecule has 0 amide bonds. The fraction of sp³-hybridized carbons (Fsp3) is 0.621. The fourth-order valence-corrected chi connectivity index (χ4v) is 5.46. The molecule has 3 rings (SSSR count). The average molecular weight is 422 g/mol. The molecule has 0 aromatic heterocycles. The third-order valence-electron chi connectivity index (χ3n) is 7.59. The summed E-state index contributed by atoms with van der Waals surface area (Å²) in [7, 11) is 0. The van der Waals surface area contributed by atoms with Crippen molar-refractivity contribution in [3.63, 3.8) is 0 Å². The summed E-state index contributed by atoms with van der Waals surface area (Å²) in [5, 5.41) is 8.48. The maximum Gasteiger partial charge on any atom is 0.196 e. The van der Waals surface area contributed by atoms with Crippen LogP contribution in [-0.4, -0.2) is 0 Å². The van der Waals surface area contributed by atoms with Crippen molar-refractivity contribution in [1.29, 1.82) is 5.26 Å². The lowest BCUT2D eigenvalue weighted by atomic mass is 9.76. The number of rotatable bonds is 9. The molecule has 1 aromatic carbocycles. The highest BCUT2D eigenvalue weighted by molar-refractivity contribution is 5.26. The standard InChI is InChI=1S/C29H40FN/c1-2-3-5-23-14-18-27(19-15-23)28-20-16-26(17-21-28)13-12-25-10-8-24(9-11-25)6-4-7-29(30)22-31/h7,12-15,18-19,24-26,28H,2-6,8-11,16-17,20-21H2,1H3/b13-12+,29-7?. The lowest BCUT2D eigenvalue weighted by molar-refractivity contribution is 0.295. The Hall–Kier alpha value is -1.88. The van der Waals surface area contributed by atoms with Crippen LogP contribution in [0.25, 0.3) is 0 Å². The number of benzene rings is 1. The molecule has 2 aliphatic carbocycles. The molecule has 0 radical (unpaired) electrons. The molecule has 0 N–H and O–H groups in total. The smallest absolute Gasteiger partial charge is 0.195 e. The SMILES string of the molecule is CCCCc1ccc(C2CCC(/C=C/C3CCC(CCC=C(F)C#N)CC3)CC2)cc1. The molecule has 0 spiro atoms. The highest BCUT2D eigenvalue weighted by Gasteiger charge is 2.22. The molecule has 2 fully saturated rings. The van der Waals surface area contributed by atoms with E-state index < -0.39 is 5.83 Å². The molecule has 0 bridgehead atoms. The van der Waals surface area contributed by atoms with Crippen LogP contribution in [0.2, 0.25) is 0 Å². The van der Waals surface area contributed by atoms with Crippen LogP contribution in [0.4, 0.5) is 4.39 Å². The Balaban J connectivity index is 1.35. The number of allylic oxidation sites excluding steroid dienone is 4. The lowest BCUT2D eigenvalue weighted by Crippen LogP contribution is -2.14. The van der Waals surface area contributed by atoms with Gasteiger partial charge in [-0.1, -0.05) is 49.8 Å². The molecule has 0 heterocycles. The maximum absolute atomic E-state index is 12.9. The lowest BCUT2D eigenvalue weighted by Gasteiger charge is -2.29. The average Bonchev–Trinajstić information content (AvgIpc) is 2.83. The minimum atomic E-state index is -0.629. The van der Waals surface area contributed by atoms with E-state index in [-0.39, 0.29) is 0 Å². The number of unbranched alkanes of at least 4 members (excludes halogenated alkanes) is 1. The van der Waals surface area contributed by atoms with E-state index in [0.29, 0.717) is 12.3 Å². The van der Waals surface area contributed by atoms with Gasteiger partial charge in [-0.3, -0.25) is 0 Å². The third kappa shape index (κ3) is 7.95. The second-order valence-corrected chi connectivity index (χ2v) is 9.86. The predicted octanol–water partition coefficient (Wildman–Crippen LogP) is 8.82. The zero-order valence-electron chi connectivity index (χ0n) is 19.4. The molecule has 2 aliphatic rings. The zero-order chi connectivity index (χ0) is 21.9. The van der Waals surface area contributed by atoms with E-state index in [0.717, 1.165) is 24.2 Å². The van der Waals surface area contributed by atoms with E-state index in [1.165, 1.54) is 82.3 Å². The van der Waals surface area contributed by atoms with E-state index in [1.807, 2.05) is 0 Å². The van der Waals surface area contributed by atoms with Crippen molar-refractivity contribution in [3.8, 4) is 6.07 Å². The molecule has 0 atom stereocenters. The number of halogens is 1. The fourth-order valence-electron chi connectivity index (χ4n) is 5.46. The Morgan fingerprint density at radius 1 is 0.968 bits per heavy atom. The van der Waals surface area contributed by atoms with Crippen molar-refractivity contribution >= 4 is 0 Å². The van der Waals surface area contributed by atoms with E-state index in [1.54, 1.807) is 11.6 Å². The van der Waals surface area contributed by atoms with Crippen LogP contribution < -0.4 is 0 Å². The summed E-state index contributed by atoms with van der Waals surface area (Å²) in [4.78, 5) is 0. The van der Waals surface area contributed by atoms with Crippen LogP contribution in [0.3, 0.4) is 0 Å². The summed E-state index contributed by atoms with van der Waals surface area (Å²) in [5.41, 5.74) is 3.04. The number of nitriles is 1. The summed E-state index contributed by atoms with van der Waals surface area (Å²) in [5.74, 6) is 2.32. The molecule has 2 heteroatoms. The van der Waals surface area contributed by atoms with Crippen molar-refractivity contribution < 1.29 is 4.39 Å². The summed E-state index contributed by atoms with van der Waals surface area (Å²) in [6, 6.07) is 11.0.